The summed E-state index contributed by atoms with van der Waals surface area (Å²) in [6.45, 7) is 12.5. The average molecular weight is 242 g/mol. The van der Waals surface area contributed by atoms with Gasteiger partial charge in [-0.25, -0.2) is 0 Å². The van der Waals surface area contributed by atoms with Crippen LogP contribution in [0.1, 0.15) is 40.5 Å². The summed E-state index contributed by atoms with van der Waals surface area (Å²) in [5.74, 6) is 0.923. The molecule has 0 aromatic carbocycles. The van der Waals surface area contributed by atoms with E-state index >= 15 is 0 Å². The van der Waals surface area contributed by atoms with E-state index in [1.165, 1.54) is 19.4 Å². The molecular formula is C13H30N4. The van der Waals surface area contributed by atoms with Crippen molar-refractivity contribution in [2.75, 3.05) is 33.2 Å². The van der Waals surface area contributed by atoms with Crippen LogP contribution in [0, 0.1) is 0 Å². The molecule has 0 radical (unpaired) electrons. The lowest BCUT2D eigenvalue weighted by molar-refractivity contribution is 0.337. The van der Waals surface area contributed by atoms with Crippen LogP contribution in [0.3, 0.4) is 0 Å². The molecule has 0 rings (SSSR count). The Kier molecular flexibility index (Phi) is 9.92. The van der Waals surface area contributed by atoms with Crippen LogP contribution in [0.15, 0.2) is 4.99 Å². The van der Waals surface area contributed by atoms with Crippen LogP contribution >= 0.6 is 0 Å². The van der Waals surface area contributed by atoms with Gasteiger partial charge in [-0.15, -0.1) is 0 Å². The lowest BCUT2D eigenvalue weighted by Crippen LogP contribution is -2.41. The lowest BCUT2D eigenvalue weighted by atomic mass is 10.3. The molecule has 0 aliphatic rings. The van der Waals surface area contributed by atoms with Gasteiger partial charge in [-0.3, -0.25) is 4.99 Å². The van der Waals surface area contributed by atoms with Crippen molar-refractivity contribution >= 4 is 5.96 Å². The minimum atomic E-state index is 0.422. The Labute approximate surface area is 107 Å². The van der Waals surface area contributed by atoms with Crippen LogP contribution in [0.25, 0.3) is 0 Å². The first-order valence-electron chi connectivity index (χ1n) is 6.83. The van der Waals surface area contributed by atoms with E-state index in [0.717, 1.165) is 25.6 Å². The van der Waals surface area contributed by atoms with Crippen molar-refractivity contribution in [3.05, 3.63) is 0 Å². The van der Waals surface area contributed by atoms with Crippen LogP contribution in [-0.2, 0) is 0 Å². The predicted octanol–water partition coefficient (Wildman–Crippen LogP) is 1.68. The standard InChI is InChI=1S/C13H30N4/c1-6-8-10-17(5)11-9-15-13(14-7-2)16-12(3)4/h12H,6-11H2,1-5H3,(H2,14,15,16). The quantitative estimate of drug-likeness (QED) is 0.502. The molecule has 0 atom stereocenters. The molecule has 102 valence electrons. The third kappa shape index (κ3) is 10.1. The number of hydrogen-bond acceptors (Lipinski definition) is 2. The SMILES string of the molecule is CCCCN(C)CCN=C(NCC)NC(C)C. The summed E-state index contributed by atoms with van der Waals surface area (Å²) in [6.07, 6.45) is 2.52. The third-order valence-electron chi connectivity index (χ3n) is 2.41. The Morgan fingerprint density at radius 3 is 2.47 bits per heavy atom. The Balaban J connectivity index is 3.89. The third-order valence-corrected chi connectivity index (χ3v) is 2.41. The number of likely N-dealkylation sites (N-methyl/N-ethyl adjacent to an activating group) is 1. The van der Waals surface area contributed by atoms with E-state index in [1.807, 2.05) is 0 Å². The number of nitrogens with zero attached hydrogens (tertiary/aromatic N) is 2. The second-order valence-corrected chi connectivity index (χ2v) is 4.72. The zero-order chi connectivity index (χ0) is 13.1. The van der Waals surface area contributed by atoms with Gasteiger partial charge in [-0.1, -0.05) is 13.3 Å². The Morgan fingerprint density at radius 2 is 1.94 bits per heavy atom. The molecule has 0 saturated heterocycles. The number of guanidine groups is 1. The Morgan fingerprint density at radius 1 is 1.24 bits per heavy atom. The summed E-state index contributed by atoms with van der Waals surface area (Å²) in [7, 11) is 2.16. The molecule has 0 amide bonds. The van der Waals surface area contributed by atoms with Crippen molar-refractivity contribution in [3.8, 4) is 0 Å². The summed E-state index contributed by atoms with van der Waals surface area (Å²) in [5, 5.41) is 6.57. The molecule has 17 heavy (non-hydrogen) atoms. The molecule has 0 spiro atoms. The fourth-order valence-corrected chi connectivity index (χ4v) is 1.47. The monoisotopic (exact) mass is 242 g/mol. The molecule has 0 bridgehead atoms. The van der Waals surface area contributed by atoms with Crippen LogP contribution in [0.2, 0.25) is 0 Å². The maximum atomic E-state index is 4.55. The Hall–Kier alpha value is -0.770. The highest BCUT2D eigenvalue weighted by atomic mass is 15.2. The van der Waals surface area contributed by atoms with Crippen LogP contribution in [-0.4, -0.2) is 50.1 Å². The number of rotatable bonds is 8. The summed E-state index contributed by atoms with van der Waals surface area (Å²) < 4.78 is 0. The highest BCUT2D eigenvalue weighted by molar-refractivity contribution is 5.79. The first-order valence-corrected chi connectivity index (χ1v) is 6.83. The second-order valence-electron chi connectivity index (χ2n) is 4.72. The molecule has 0 heterocycles. The molecule has 0 unspecified atom stereocenters. The molecule has 0 aliphatic heterocycles. The summed E-state index contributed by atoms with van der Waals surface area (Å²) in [5.41, 5.74) is 0. The van der Waals surface area contributed by atoms with Crippen LogP contribution in [0.5, 0.6) is 0 Å². The smallest absolute Gasteiger partial charge is 0.191 e. The number of unbranched alkanes of at least 4 members (excludes halogenated alkanes) is 1. The van der Waals surface area contributed by atoms with Crippen LogP contribution < -0.4 is 10.6 Å². The van der Waals surface area contributed by atoms with Crippen molar-refractivity contribution in [2.45, 2.75) is 46.6 Å². The molecule has 0 saturated carbocycles. The van der Waals surface area contributed by atoms with Gasteiger partial charge in [-0.2, -0.15) is 0 Å². The van der Waals surface area contributed by atoms with Crippen molar-refractivity contribution in [3.63, 3.8) is 0 Å². The van der Waals surface area contributed by atoms with E-state index in [1.54, 1.807) is 0 Å². The van der Waals surface area contributed by atoms with Gasteiger partial charge in [0.2, 0.25) is 0 Å². The van der Waals surface area contributed by atoms with Gasteiger partial charge in [0, 0.05) is 19.1 Å². The van der Waals surface area contributed by atoms with Crippen LogP contribution in [0.4, 0.5) is 0 Å². The van der Waals surface area contributed by atoms with Crippen molar-refractivity contribution in [1.82, 2.24) is 15.5 Å². The fraction of sp³-hybridized carbons (Fsp3) is 0.923. The van der Waals surface area contributed by atoms with Crippen molar-refractivity contribution in [2.24, 2.45) is 4.99 Å². The Bertz CT molecular complexity index is 202. The minimum absolute atomic E-state index is 0.422. The second kappa shape index (κ2) is 10.4. The highest BCUT2D eigenvalue weighted by Gasteiger charge is 2.00. The predicted molar refractivity (Wildman–Crippen MR) is 76.7 cm³/mol. The first kappa shape index (κ1) is 16.2. The lowest BCUT2D eigenvalue weighted by Gasteiger charge is -2.16. The number of hydrogen-bond donors (Lipinski definition) is 2. The van der Waals surface area contributed by atoms with Crippen molar-refractivity contribution in [1.29, 1.82) is 0 Å². The van der Waals surface area contributed by atoms with E-state index in [2.05, 4.69) is 55.3 Å². The first-order chi connectivity index (χ1) is 8.10. The molecule has 0 aromatic heterocycles. The molecule has 0 fully saturated rings. The molecule has 0 aromatic rings. The molecule has 2 N–H and O–H groups in total. The normalized spacial score (nSPS) is 12.3. The van der Waals surface area contributed by atoms with E-state index in [9.17, 15) is 0 Å². The van der Waals surface area contributed by atoms with Gasteiger partial charge in [0.25, 0.3) is 0 Å². The van der Waals surface area contributed by atoms with Gasteiger partial charge in [0.1, 0.15) is 0 Å². The molecule has 4 nitrogen and oxygen atoms in total. The zero-order valence-electron chi connectivity index (χ0n) is 12.2. The summed E-state index contributed by atoms with van der Waals surface area (Å²) in [6, 6.07) is 0.422. The topological polar surface area (TPSA) is 39.7 Å². The number of nitrogens with one attached hydrogen (secondary N) is 2. The maximum absolute atomic E-state index is 4.55. The molecular weight excluding hydrogens is 212 g/mol. The van der Waals surface area contributed by atoms with E-state index in [4.69, 9.17) is 0 Å². The van der Waals surface area contributed by atoms with Crippen molar-refractivity contribution < 1.29 is 0 Å². The van der Waals surface area contributed by atoms with Gasteiger partial charge in [-0.05, 0) is 40.8 Å². The summed E-state index contributed by atoms with van der Waals surface area (Å²) >= 11 is 0. The number of aliphatic imine (C=N–C) groups is 1. The zero-order valence-corrected chi connectivity index (χ0v) is 12.2. The largest absolute Gasteiger partial charge is 0.357 e. The maximum Gasteiger partial charge on any atom is 0.191 e. The van der Waals surface area contributed by atoms with E-state index in [0.29, 0.717) is 6.04 Å². The van der Waals surface area contributed by atoms with E-state index < -0.39 is 0 Å². The fourth-order valence-electron chi connectivity index (χ4n) is 1.47. The van der Waals surface area contributed by atoms with Gasteiger partial charge in [0.15, 0.2) is 5.96 Å². The van der Waals surface area contributed by atoms with Gasteiger partial charge in [0.05, 0.1) is 6.54 Å². The molecule has 0 aliphatic carbocycles. The van der Waals surface area contributed by atoms with E-state index in [-0.39, 0.29) is 0 Å². The van der Waals surface area contributed by atoms with Gasteiger partial charge >= 0.3 is 0 Å². The summed E-state index contributed by atoms with van der Waals surface area (Å²) in [4.78, 5) is 6.89. The highest BCUT2D eigenvalue weighted by Crippen LogP contribution is 1.91. The molecule has 4 heteroatoms. The average Bonchev–Trinajstić information content (AvgIpc) is 2.25. The minimum Gasteiger partial charge on any atom is -0.357 e. The van der Waals surface area contributed by atoms with Gasteiger partial charge < -0.3 is 15.5 Å².